The van der Waals surface area contributed by atoms with Crippen molar-refractivity contribution in [3.63, 3.8) is 0 Å². The van der Waals surface area contributed by atoms with Gasteiger partial charge in [-0.25, -0.2) is 18.8 Å². The number of rotatable bonds is 10. The highest BCUT2D eigenvalue weighted by Gasteiger charge is 2.23. The number of hydrogen-bond donors (Lipinski definition) is 2. The zero-order valence-electron chi connectivity index (χ0n) is 20.2. The predicted octanol–water partition coefficient (Wildman–Crippen LogP) is 3.20. The van der Waals surface area contributed by atoms with Gasteiger partial charge < -0.3 is 16.5 Å². The summed E-state index contributed by atoms with van der Waals surface area (Å²) in [6.45, 7) is 9.01. The number of aromatic nitrogens is 3. The van der Waals surface area contributed by atoms with E-state index in [2.05, 4.69) is 27.0 Å². The Morgan fingerprint density at radius 3 is 2.67 bits per heavy atom. The Kier molecular flexibility index (Phi) is 8.66. The van der Waals surface area contributed by atoms with Crippen molar-refractivity contribution in [2.24, 2.45) is 16.0 Å². The van der Waals surface area contributed by atoms with E-state index in [9.17, 15) is 13.6 Å². The lowest BCUT2D eigenvalue weighted by atomic mass is 10.1. The van der Waals surface area contributed by atoms with Crippen molar-refractivity contribution in [3.05, 3.63) is 60.1 Å². The van der Waals surface area contributed by atoms with E-state index < -0.39 is 11.6 Å². The Bertz CT molecular complexity index is 1260. The number of carbonyl (C=O) groups is 1. The molecule has 0 aliphatic rings. The van der Waals surface area contributed by atoms with Crippen molar-refractivity contribution < 1.29 is 13.6 Å². The van der Waals surface area contributed by atoms with Crippen molar-refractivity contribution in [2.75, 3.05) is 23.8 Å². The van der Waals surface area contributed by atoms with Gasteiger partial charge in [-0.3, -0.25) is 9.48 Å². The highest BCUT2D eigenvalue weighted by molar-refractivity contribution is 6.12. The zero-order chi connectivity index (χ0) is 26.2. The number of amidine groups is 1. The van der Waals surface area contributed by atoms with E-state index in [4.69, 9.17) is 11.6 Å². The van der Waals surface area contributed by atoms with Gasteiger partial charge in [-0.1, -0.05) is 13.0 Å². The number of hydrazone groups is 2. The topological polar surface area (TPSA) is 131 Å². The van der Waals surface area contributed by atoms with Crippen LogP contribution in [0.15, 0.2) is 53.1 Å². The molecular formula is C24H29F2N9O. The van der Waals surface area contributed by atoms with E-state index in [-0.39, 0.29) is 28.8 Å². The molecule has 0 aliphatic carbocycles. The number of nitrogens with zero attached hydrogens (tertiary/aromatic N) is 7. The molecule has 12 heteroatoms. The van der Waals surface area contributed by atoms with Gasteiger partial charge in [0.2, 0.25) is 5.91 Å². The molecule has 0 saturated heterocycles. The number of nitrogen functional groups attached to an aromatic ring is 1. The minimum absolute atomic E-state index is 0.0528. The van der Waals surface area contributed by atoms with Crippen LogP contribution in [0.25, 0.3) is 11.1 Å². The number of halogens is 2. The summed E-state index contributed by atoms with van der Waals surface area (Å²) >= 11 is 0. The molecule has 0 spiro atoms. The molecule has 36 heavy (non-hydrogen) atoms. The standard InChI is InChI=1S/C24H29F2N9O/c1-4-9-33(16(2)36)10-6-11-34-15-18(14-31-34)17-12-19(23(27)30-13-17)24(32-28)35(29-3)21-8-5-7-20(25)22(21)26/h5,7-8,12-15H,3-4,6,9-11,28H2,1-2H3,(H2,27,30)/b32-24-. The molecular weight excluding hydrogens is 468 g/mol. The van der Waals surface area contributed by atoms with E-state index >= 15 is 0 Å². The van der Waals surface area contributed by atoms with Crippen molar-refractivity contribution in [1.82, 2.24) is 19.7 Å². The maximum Gasteiger partial charge on any atom is 0.219 e. The molecule has 1 amide bonds. The van der Waals surface area contributed by atoms with Gasteiger partial charge in [-0.05, 0) is 31.0 Å². The van der Waals surface area contributed by atoms with Gasteiger partial charge in [0.05, 0.1) is 11.8 Å². The van der Waals surface area contributed by atoms with Crippen LogP contribution in [0.2, 0.25) is 0 Å². The van der Waals surface area contributed by atoms with Gasteiger partial charge in [0.25, 0.3) is 0 Å². The summed E-state index contributed by atoms with van der Waals surface area (Å²) < 4.78 is 30.1. The fourth-order valence-corrected chi connectivity index (χ4v) is 3.72. The lowest BCUT2D eigenvalue weighted by molar-refractivity contribution is -0.129. The first-order valence-electron chi connectivity index (χ1n) is 11.3. The molecule has 0 atom stereocenters. The Morgan fingerprint density at radius 2 is 2.00 bits per heavy atom. The van der Waals surface area contributed by atoms with Gasteiger partial charge in [0.15, 0.2) is 17.5 Å². The Labute approximate surface area is 207 Å². The number of aryl methyl sites for hydroxylation is 1. The maximum atomic E-state index is 14.5. The van der Waals surface area contributed by atoms with Crippen LogP contribution in [0.4, 0.5) is 20.3 Å². The third kappa shape index (κ3) is 5.82. The number of nitrogens with two attached hydrogens (primary N) is 2. The van der Waals surface area contributed by atoms with Gasteiger partial charge in [-0.15, -0.1) is 0 Å². The van der Waals surface area contributed by atoms with Crippen LogP contribution in [-0.2, 0) is 11.3 Å². The summed E-state index contributed by atoms with van der Waals surface area (Å²) in [6, 6.07) is 5.27. The van der Waals surface area contributed by atoms with E-state index in [0.717, 1.165) is 36.0 Å². The molecule has 0 radical (unpaired) electrons. The first-order chi connectivity index (χ1) is 17.3. The quantitative estimate of drug-likeness (QED) is 0.191. The number of benzene rings is 1. The number of carbonyl (C=O) groups excluding carboxylic acids is 1. The molecule has 0 unspecified atom stereocenters. The minimum atomic E-state index is -1.14. The second-order valence-electron chi connectivity index (χ2n) is 7.99. The Morgan fingerprint density at radius 1 is 1.22 bits per heavy atom. The average molecular weight is 498 g/mol. The van der Waals surface area contributed by atoms with Crippen molar-refractivity contribution >= 4 is 30.0 Å². The predicted molar refractivity (Wildman–Crippen MR) is 136 cm³/mol. The monoisotopic (exact) mass is 497 g/mol. The highest BCUT2D eigenvalue weighted by atomic mass is 19.2. The van der Waals surface area contributed by atoms with E-state index in [1.807, 2.05) is 18.0 Å². The van der Waals surface area contributed by atoms with Crippen LogP contribution in [0.1, 0.15) is 32.3 Å². The summed E-state index contributed by atoms with van der Waals surface area (Å²) in [5.74, 6) is 3.43. The second-order valence-corrected chi connectivity index (χ2v) is 7.99. The summed E-state index contributed by atoms with van der Waals surface area (Å²) in [6.07, 6.45) is 6.71. The molecule has 3 rings (SSSR count). The first-order valence-corrected chi connectivity index (χ1v) is 11.3. The fraction of sp³-hybridized carbons (Fsp3) is 0.292. The Balaban J connectivity index is 1.84. The van der Waals surface area contributed by atoms with Gasteiger partial charge in [0, 0.05) is 56.8 Å². The minimum Gasteiger partial charge on any atom is -0.383 e. The van der Waals surface area contributed by atoms with Crippen LogP contribution in [0, 0.1) is 11.6 Å². The summed E-state index contributed by atoms with van der Waals surface area (Å²) in [4.78, 5) is 17.7. The zero-order valence-corrected chi connectivity index (χ0v) is 20.2. The normalized spacial score (nSPS) is 11.4. The Hall–Kier alpha value is -4.35. The molecule has 2 heterocycles. The van der Waals surface area contributed by atoms with Crippen molar-refractivity contribution in [1.29, 1.82) is 0 Å². The number of hydrogen-bond acceptors (Lipinski definition) is 7. The lowest BCUT2D eigenvalue weighted by Gasteiger charge is -2.21. The van der Waals surface area contributed by atoms with Gasteiger partial charge >= 0.3 is 0 Å². The van der Waals surface area contributed by atoms with E-state index in [1.165, 1.54) is 12.1 Å². The van der Waals surface area contributed by atoms with Crippen LogP contribution in [0.3, 0.4) is 0 Å². The van der Waals surface area contributed by atoms with Crippen molar-refractivity contribution in [2.45, 2.75) is 33.2 Å². The highest BCUT2D eigenvalue weighted by Crippen LogP contribution is 2.27. The molecule has 2 aromatic heterocycles. The smallest absolute Gasteiger partial charge is 0.219 e. The van der Waals surface area contributed by atoms with E-state index in [1.54, 1.807) is 30.1 Å². The SMILES string of the molecule is C=NN(/C(=N\N)c1cc(-c2cnn(CCCN(CCC)C(C)=O)c2)cnc1N)c1cccc(F)c1F. The fourth-order valence-electron chi connectivity index (χ4n) is 3.72. The lowest BCUT2D eigenvalue weighted by Crippen LogP contribution is -2.31. The van der Waals surface area contributed by atoms with Crippen LogP contribution in [0.5, 0.6) is 0 Å². The molecule has 0 aliphatic heterocycles. The summed E-state index contributed by atoms with van der Waals surface area (Å²) in [7, 11) is 0. The largest absolute Gasteiger partial charge is 0.383 e. The number of pyridine rings is 1. The summed E-state index contributed by atoms with van der Waals surface area (Å²) in [5.41, 5.74) is 7.47. The average Bonchev–Trinajstić information content (AvgIpc) is 3.33. The maximum absolute atomic E-state index is 14.5. The number of amides is 1. The van der Waals surface area contributed by atoms with Crippen LogP contribution < -0.4 is 16.6 Å². The molecule has 0 bridgehead atoms. The third-order valence-electron chi connectivity index (χ3n) is 5.50. The molecule has 4 N–H and O–H groups in total. The van der Waals surface area contributed by atoms with Gasteiger partial charge in [0.1, 0.15) is 11.5 Å². The molecule has 0 fully saturated rings. The third-order valence-corrected chi connectivity index (χ3v) is 5.50. The van der Waals surface area contributed by atoms with Crippen LogP contribution in [-0.4, -0.2) is 51.2 Å². The van der Waals surface area contributed by atoms with Gasteiger partial charge in [-0.2, -0.15) is 15.3 Å². The number of anilines is 2. The van der Waals surface area contributed by atoms with Crippen molar-refractivity contribution in [3.8, 4) is 11.1 Å². The molecule has 190 valence electrons. The molecule has 10 nitrogen and oxygen atoms in total. The molecule has 1 aromatic carbocycles. The first kappa shape index (κ1) is 26.3. The van der Waals surface area contributed by atoms with E-state index in [0.29, 0.717) is 18.7 Å². The molecule has 3 aromatic rings. The second kappa shape index (κ2) is 11.9. The molecule has 0 saturated carbocycles. The van der Waals surface area contributed by atoms with Crippen LogP contribution >= 0.6 is 0 Å². The summed E-state index contributed by atoms with van der Waals surface area (Å²) in [5, 5.41) is 12.8.